The van der Waals surface area contributed by atoms with Crippen molar-refractivity contribution in [1.82, 2.24) is 19.7 Å². The van der Waals surface area contributed by atoms with Crippen molar-refractivity contribution < 1.29 is 28.2 Å². The minimum atomic E-state index is -0.919. The molecule has 1 aliphatic heterocycles. The number of ether oxygens (including phenoxy) is 2. The minimum Gasteiger partial charge on any atom is -0.403 e. The molecule has 0 bridgehead atoms. The van der Waals surface area contributed by atoms with Gasteiger partial charge in [0.25, 0.3) is 11.8 Å². The van der Waals surface area contributed by atoms with E-state index in [0.717, 1.165) is 4.90 Å². The molecule has 1 N–H and O–H groups in total. The number of hydrogen-bond acceptors (Lipinski definition) is 6. The molecule has 1 aromatic heterocycles. The molecular formula is C25H28ClFN4O6. The first-order valence-corrected chi connectivity index (χ1v) is 12.0. The maximum atomic E-state index is 14.3. The highest BCUT2D eigenvalue weighted by atomic mass is 35.5. The van der Waals surface area contributed by atoms with Gasteiger partial charge in [0.05, 0.1) is 10.6 Å². The lowest BCUT2D eigenvalue weighted by Crippen LogP contribution is -2.60. The summed E-state index contributed by atoms with van der Waals surface area (Å²) in [5.41, 5.74) is -1.82. The summed E-state index contributed by atoms with van der Waals surface area (Å²) in [7, 11) is 6.08. The molecule has 0 atom stereocenters. The van der Waals surface area contributed by atoms with E-state index in [1.807, 2.05) is 0 Å². The van der Waals surface area contributed by atoms with Crippen LogP contribution in [-0.4, -0.2) is 73.7 Å². The van der Waals surface area contributed by atoms with Crippen molar-refractivity contribution in [2.24, 2.45) is 5.92 Å². The highest BCUT2D eigenvalue weighted by molar-refractivity contribution is 6.30. The molecule has 12 heteroatoms. The van der Waals surface area contributed by atoms with Crippen LogP contribution in [-0.2, 0) is 16.8 Å². The van der Waals surface area contributed by atoms with E-state index in [2.05, 4.69) is 5.32 Å². The van der Waals surface area contributed by atoms with Gasteiger partial charge in [0.1, 0.15) is 11.4 Å². The summed E-state index contributed by atoms with van der Waals surface area (Å²) in [6.45, 7) is 0.635. The molecule has 1 aromatic carbocycles. The Morgan fingerprint density at radius 2 is 1.97 bits per heavy atom. The number of aromatic nitrogens is 1. The molecule has 1 aliphatic carbocycles. The van der Waals surface area contributed by atoms with Crippen LogP contribution < -0.4 is 15.5 Å². The second-order valence-corrected chi connectivity index (χ2v) is 10.1. The molecule has 0 radical (unpaired) electrons. The number of carbonyl (C=O) groups is 3. The number of hydrogen-bond donors (Lipinski definition) is 1. The smallest absolute Gasteiger partial charge is 0.403 e. The summed E-state index contributed by atoms with van der Waals surface area (Å²) in [4.78, 5) is 54.9. The van der Waals surface area contributed by atoms with Crippen LogP contribution in [0.1, 0.15) is 39.3 Å². The average molecular weight is 535 g/mol. The highest BCUT2D eigenvalue weighted by Crippen LogP contribution is 2.48. The van der Waals surface area contributed by atoms with Crippen LogP contribution in [0.2, 0.25) is 5.02 Å². The van der Waals surface area contributed by atoms with Gasteiger partial charge in [0.15, 0.2) is 5.69 Å². The summed E-state index contributed by atoms with van der Waals surface area (Å²) in [5, 5.41) is 2.43. The molecule has 37 heavy (non-hydrogen) atoms. The fourth-order valence-corrected chi connectivity index (χ4v) is 5.22. The second-order valence-electron chi connectivity index (χ2n) is 9.69. The number of carbonyl (C=O) groups excluding carboxylic acids is 3. The lowest BCUT2D eigenvalue weighted by Gasteiger charge is -2.54. The van der Waals surface area contributed by atoms with E-state index >= 15 is 0 Å². The van der Waals surface area contributed by atoms with Crippen molar-refractivity contribution in [3.63, 3.8) is 0 Å². The Hall–Kier alpha value is -3.44. The third-order valence-electron chi connectivity index (χ3n) is 6.77. The van der Waals surface area contributed by atoms with Gasteiger partial charge in [0, 0.05) is 59.7 Å². The van der Waals surface area contributed by atoms with Crippen molar-refractivity contribution in [2.75, 3.05) is 41.4 Å². The number of amides is 3. The van der Waals surface area contributed by atoms with E-state index in [1.165, 1.54) is 37.3 Å². The van der Waals surface area contributed by atoms with E-state index in [4.69, 9.17) is 21.1 Å². The van der Waals surface area contributed by atoms with E-state index in [1.54, 1.807) is 24.8 Å². The Kier molecular flexibility index (Phi) is 7.29. The Labute approximate surface area is 217 Å². The van der Waals surface area contributed by atoms with Gasteiger partial charge in [-0.1, -0.05) is 23.7 Å². The molecule has 2 heterocycles. The zero-order chi connectivity index (χ0) is 27.1. The van der Waals surface area contributed by atoms with Crippen LogP contribution in [0.3, 0.4) is 0 Å². The Balaban J connectivity index is 1.79. The van der Waals surface area contributed by atoms with Gasteiger partial charge in [-0.3, -0.25) is 14.4 Å². The standard InChI is InChI=1S/C25H28ClFN4O6/c1-29(2)24(35)37-21-19-23(34)30(3)13-25(8-14(9-25)12-36-4)31(19)11-16(20(21)32)22(33)28-10-15-6-5-7-17(26)18(15)27/h5-7,11,14H,8-10,12-13H2,1-4H3,(H,28,33)/t14-,25-. The maximum absolute atomic E-state index is 14.3. The van der Waals surface area contributed by atoms with Crippen LogP contribution in [0.25, 0.3) is 0 Å². The van der Waals surface area contributed by atoms with Crippen molar-refractivity contribution in [3.05, 3.63) is 62.3 Å². The SMILES string of the molecule is COC[C@H]1C[C@@]2(CN(C)C(=O)c3c(OC(=O)N(C)C)c(=O)c(C(=O)NCc4cccc(Cl)c4F)cn32)C1. The van der Waals surface area contributed by atoms with E-state index in [9.17, 15) is 23.6 Å². The van der Waals surface area contributed by atoms with Gasteiger partial charge < -0.3 is 29.2 Å². The van der Waals surface area contributed by atoms with Crippen molar-refractivity contribution in [2.45, 2.75) is 24.9 Å². The predicted octanol–water partition coefficient (Wildman–Crippen LogP) is 2.47. The van der Waals surface area contributed by atoms with Gasteiger partial charge in [-0.25, -0.2) is 9.18 Å². The zero-order valence-electron chi connectivity index (χ0n) is 21.0. The Morgan fingerprint density at radius 3 is 2.62 bits per heavy atom. The number of benzene rings is 1. The van der Waals surface area contributed by atoms with Gasteiger partial charge in [-0.15, -0.1) is 0 Å². The first-order chi connectivity index (χ1) is 17.5. The van der Waals surface area contributed by atoms with Crippen LogP contribution in [0, 0.1) is 11.7 Å². The van der Waals surface area contributed by atoms with Gasteiger partial charge >= 0.3 is 6.09 Å². The third-order valence-corrected chi connectivity index (χ3v) is 7.06. The molecule has 10 nitrogen and oxygen atoms in total. The lowest BCUT2D eigenvalue weighted by molar-refractivity contribution is -0.0189. The molecular weight excluding hydrogens is 507 g/mol. The molecule has 0 unspecified atom stereocenters. The number of rotatable bonds is 6. The van der Waals surface area contributed by atoms with Crippen molar-refractivity contribution in [3.8, 4) is 5.75 Å². The fourth-order valence-electron chi connectivity index (χ4n) is 5.02. The topological polar surface area (TPSA) is 110 Å². The summed E-state index contributed by atoms with van der Waals surface area (Å²) in [5.74, 6) is -2.30. The molecule has 4 rings (SSSR count). The molecule has 1 saturated carbocycles. The number of methoxy groups -OCH3 is 1. The predicted molar refractivity (Wildman–Crippen MR) is 133 cm³/mol. The number of halogens is 2. The summed E-state index contributed by atoms with van der Waals surface area (Å²) in [6, 6.07) is 4.38. The number of fused-ring (bicyclic) bond motifs is 2. The molecule has 1 fully saturated rings. The zero-order valence-corrected chi connectivity index (χ0v) is 21.7. The molecule has 2 aliphatic rings. The normalized spacial score (nSPS) is 20.3. The van der Waals surface area contributed by atoms with Gasteiger partial charge in [0.2, 0.25) is 11.2 Å². The molecule has 1 spiro atoms. The fraction of sp³-hybridized carbons (Fsp3) is 0.440. The quantitative estimate of drug-likeness (QED) is 0.609. The van der Waals surface area contributed by atoms with E-state index < -0.39 is 40.4 Å². The molecule has 2 aromatic rings. The Bertz CT molecular complexity index is 1320. The molecule has 0 saturated heterocycles. The summed E-state index contributed by atoms with van der Waals surface area (Å²) < 4.78 is 26.6. The molecule has 198 valence electrons. The monoisotopic (exact) mass is 534 g/mol. The van der Waals surface area contributed by atoms with Crippen LogP contribution in [0.5, 0.6) is 5.75 Å². The molecule has 3 amide bonds. The Morgan fingerprint density at radius 1 is 1.27 bits per heavy atom. The summed E-state index contributed by atoms with van der Waals surface area (Å²) in [6.07, 6.45) is 1.72. The van der Waals surface area contributed by atoms with Gasteiger partial charge in [-0.05, 0) is 24.8 Å². The third kappa shape index (κ3) is 4.80. The largest absolute Gasteiger partial charge is 0.414 e. The van der Waals surface area contributed by atoms with E-state index in [-0.39, 0.29) is 34.3 Å². The number of nitrogens with one attached hydrogen (secondary N) is 1. The van der Waals surface area contributed by atoms with Crippen molar-refractivity contribution in [1.29, 1.82) is 0 Å². The van der Waals surface area contributed by atoms with Crippen LogP contribution >= 0.6 is 11.6 Å². The average Bonchev–Trinajstić information content (AvgIpc) is 2.83. The van der Waals surface area contributed by atoms with Gasteiger partial charge in [-0.2, -0.15) is 0 Å². The van der Waals surface area contributed by atoms with Crippen LogP contribution in [0.15, 0.2) is 29.2 Å². The lowest BCUT2D eigenvalue weighted by atomic mass is 9.67. The minimum absolute atomic E-state index is 0.0951. The maximum Gasteiger partial charge on any atom is 0.414 e. The number of pyridine rings is 1. The first-order valence-electron chi connectivity index (χ1n) is 11.6. The van der Waals surface area contributed by atoms with E-state index in [0.29, 0.717) is 26.0 Å². The first kappa shape index (κ1) is 26.6. The number of nitrogens with zero attached hydrogens (tertiary/aromatic N) is 3. The van der Waals surface area contributed by atoms with Crippen molar-refractivity contribution >= 4 is 29.5 Å². The number of likely N-dealkylation sites (N-methyl/N-ethyl adjacent to an activating group) is 1. The highest BCUT2D eigenvalue weighted by Gasteiger charge is 2.52. The van der Waals surface area contributed by atoms with Crippen LogP contribution in [0.4, 0.5) is 9.18 Å². The second kappa shape index (κ2) is 10.1. The summed E-state index contributed by atoms with van der Waals surface area (Å²) >= 11 is 5.82.